The second-order valence-electron chi connectivity index (χ2n) is 7.61. The Morgan fingerprint density at radius 3 is 2.21 bits per heavy atom. The number of benzene rings is 2. The molecule has 1 amide bonds. The summed E-state index contributed by atoms with van der Waals surface area (Å²) in [5.41, 5.74) is 2.97. The number of piperazine rings is 1. The highest BCUT2D eigenvalue weighted by atomic mass is 16.5. The van der Waals surface area contributed by atoms with Crippen molar-refractivity contribution in [3.05, 3.63) is 59.7 Å². The molecule has 0 atom stereocenters. The lowest BCUT2D eigenvalue weighted by molar-refractivity contribution is -0.892. The molecule has 2 aromatic rings. The van der Waals surface area contributed by atoms with E-state index >= 15 is 0 Å². The van der Waals surface area contributed by atoms with Crippen LogP contribution in [0.2, 0.25) is 0 Å². The molecule has 1 fully saturated rings. The van der Waals surface area contributed by atoms with Gasteiger partial charge in [-0.15, -0.1) is 0 Å². The molecule has 1 N–H and O–H groups in total. The first kappa shape index (κ1) is 20.9. The molecule has 1 saturated heterocycles. The van der Waals surface area contributed by atoms with Crippen LogP contribution in [-0.2, 0) is 11.3 Å². The van der Waals surface area contributed by atoms with Gasteiger partial charge in [0.05, 0.1) is 33.3 Å². The van der Waals surface area contributed by atoms with Gasteiger partial charge in [-0.1, -0.05) is 12.1 Å². The van der Waals surface area contributed by atoms with Crippen molar-refractivity contribution in [3.63, 3.8) is 0 Å². The first-order chi connectivity index (χ1) is 14.0. The molecule has 6 heteroatoms. The van der Waals surface area contributed by atoms with Gasteiger partial charge in [-0.2, -0.15) is 0 Å². The van der Waals surface area contributed by atoms with Crippen LogP contribution in [0.3, 0.4) is 0 Å². The Morgan fingerprint density at radius 2 is 1.66 bits per heavy atom. The van der Waals surface area contributed by atoms with Gasteiger partial charge in [-0.3, -0.25) is 9.59 Å². The van der Waals surface area contributed by atoms with Crippen LogP contribution in [0.1, 0.15) is 22.8 Å². The minimum Gasteiger partial charge on any atom is -0.497 e. The Morgan fingerprint density at radius 1 is 1.03 bits per heavy atom. The van der Waals surface area contributed by atoms with Crippen molar-refractivity contribution in [2.45, 2.75) is 13.5 Å². The van der Waals surface area contributed by atoms with E-state index < -0.39 is 0 Å². The van der Waals surface area contributed by atoms with Gasteiger partial charge in [0.25, 0.3) is 5.91 Å². The van der Waals surface area contributed by atoms with Crippen molar-refractivity contribution in [1.82, 2.24) is 4.90 Å². The molecule has 0 spiro atoms. The number of hydrogen-bond donors (Lipinski definition) is 1. The first-order valence-electron chi connectivity index (χ1n) is 10.0. The van der Waals surface area contributed by atoms with E-state index in [0.29, 0.717) is 13.1 Å². The zero-order valence-electron chi connectivity index (χ0n) is 17.5. The van der Waals surface area contributed by atoms with Crippen molar-refractivity contribution in [2.24, 2.45) is 0 Å². The van der Waals surface area contributed by atoms with Gasteiger partial charge >= 0.3 is 0 Å². The minimum atomic E-state index is 0.0862. The number of likely N-dealkylation sites (N-methyl/N-ethyl adjacent to an activating group) is 1. The van der Waals surface area contributed by atoms with Gasteiger partial charge in [0.15, 0.2) is 12.3 Å². The Hall–Kier alpha value is -2.86. The average molecular weight is 397 g/mol. The summed E-state index contributed by atoms with van der Waals surface area (Å²) in [7, 11) is 3.51. The molecular weight excluding hydrogens is 366 g/mol. The molecule has 1 heterocycles. The van der Waals surface area contributed by atoms with Crippen LogP contribution in [0.4, 0.5) is 5.69 Å². The number of amides is 1. The van der Waals surface area contributed by atoms with E-state index in [4.69, 9.17) is 4.74 Å². The molecule has 0 bridgehead atoms. The monoisotopic (exact) mass is 396 g/mol. The number of methoxy groups -OCH3 is 1. The van der Waals surface area contributed by atoms with E-state index in [1.807, 2.05) is 55.6 Å². The molecule has 154 valence electrons. The molecule has 0 unspecified atom stereocenters. The Balaban J connectivity index is 1.46. The number of nitrogens with zero attached hydrogens (tertiary/aromatic N) is 2. The highest BCUT2D eigenvalue weighted by Crippen LogP contribution is 2.16. The van der Waals surface area contributed by atoms with Crippen molar-refractivity contribution in [2.75, 3.05) is 51.8 Å². The molecule has 0 radical (unpaired) electrons. The Kier molecular flexibility index (Phi) is 6.88. The fourth-order valence-corrected chi connectivity index (χ4v) is 3.61. The predicted molar refractivity (Wildman–Crippen MR) is 114 cm³/mol. The molecule has 6 nitrogen and oxygen atoms in total. The number of ether oxygens (including phenoxy) is 1. The minimum absolute atomic E-state index is 0.0862. The van der Waals surface area contributed by atoms with E-state index in [1.54, 1.807) is 18.9 Å². The maximum atomic E-state index is 12.6. The van der Waals surface area contributed by atoms with Crippen LogP contribution in [0, 0.1) is 0 Å². The Bertz CT molecular complexity index is 825. The summed E-state index contributed by atoms with van der Waals surface area (Å²) in [5.74, 6) is 1.07. The number of carbonyl (C=O) groups is 2. The number of carbonyl (C=O) groups excluding carboxylic acids is 2. The maximum Gasteiger partial charge on any atom is 0.277 e. The van der Waals surface area contributed by atoms with Gasteiger partial charge in [0.1, 0.15) is 5.75 Å². The normalized spacial score (nSPS) is 14.5. The summed E-state index contributed by atoms with van der Waals surface area (Å²) in [6, 6.07) is 15.6. The lowest BCUT2D eigenvalue weighted by Crippen LogP contribution is -3.15. The van der Waals surface area contributed by atoms with Crippen molar-refractivity contribution < 1.29 is 19.2 Å². The number of nitrogens with one attached hydrogen (secondary N) is 1. The molecular formula is C23H30N3O3+. The number of hydrogen-bond acceptors (Lipinski definition) is 4. The van der Waals surface area contributed by atoms with Crippen molar-refractivity contribution in [1.29, 1.82) is 0 Å². The van der Waals surface area contributed by atoms with Gasteiger partial charge in [-0.05, 0) is 48.9 Å². The highest BCUT2D eigenvalue weighted by molar-refractivity contribution is 5.94. The van der Waals surface area contributed by atoms with Crippen LogP contribution in [0.25, 0.3) is 0 Å². The van der Waals surface area contributed by atoms with Crippen molar-refractivity contribution in [3.8, 4) is 5.75 Å². The summed E-state index contributed by atoms with van der Waals surface area (Å²) in [6.45, 7) is 6.37. The zero-order chi connectivity index (χ0) is 20.8. The largest absolute Gasteiger partial charge is 0.497 e. The summed E-state index contributed by atoms with van der Waals surface area (Å²) in [6.07, 6.45) is 0. The smallest absolute Gasteiger partial charge is 0.277 e. The lowest BCUT2D eigenvalue weighted by atomic mass is 10.1. The number of Topliss-reactive ketones (excluding diaryl/α,β-unsaturated/α-hetero) is 1. The van der Waals surface area contributed by atoms with Crippen LogP contribution in [0.15, 0.2) is 48.5 Å². The predicted octanol–water partition coefficient (Wildman–Crippen LogP) is 1.26. The zero-order valence-corrected chi connectivity index (χ0v) is 17.5. The van der Waals surface area contributed by atoms with E-state index in [0.717, 1.165) is 48.7 Å². The van der Waals surface area contributed by atoms with Gasteiger partial charge in [-0.25, -0.2) is 0 Å². The van der Waals surface area contributed by atoms with E-state index in [-0.39, 0.29) is 11.7 Å². The van der Waals surface area contributed by atoms with Crippen molar-refractivity contribution >= 4 is 17.4 Å². The number of anilines is 1. The number of rotatable bonds is 7. The molecule has 2 aromatic carbocycles. The quantitative estimate of drug-likeness (QED) is 0.716. The van der Waals surface area contributed by atoms with Gasteiger partial charge in [0.2, 0.25) is 0 Å². The van der Waals surface area contributed by atoms with E-state index in [9.17, 15) is 9.59 Å². The summed E-state index contributed by atoms with van der Waals surface area (Å²) in [5, 5.41) is 0. The fourth-order valence-electron chi connectivity index (χ4n) is 3.61. The SMILES string of the molecule is COc1ccc(CN(C)C(=O)C[NH+]2CCN(c3ccc(C(C)=O)cc3)CC2)cc1. The average Bonchev–Trinajstić information content (AvgIpc) is 2.75. The molecule has 1 aliphatic heterocycles. The molecule has 0 aliphatic carbocycles. The molecule has 29 heavy (non-hydrogen) atoms. The molecule has 1 aliphatic rings. The molecule has 0 saturated carbocycles. The third-order valence-corrected chi connectivity index (χ3v) is 5.52. The maximum absolute atomic E-state index is 12.6. The third kappa shape index (κ3) is 5.57. The Labute approximate surface area is 172 Å². The van der Waals surface area contributed by atoms with Crippen LogP contribution < -0.4 is 14.5 Å². The van der Waals surface area contributed by atoms with Gasteiger partial charge < -0.3 is 19.4 Å². The van der Waals surface area contributed by atoms with Gasteiger partial charge in [0, 0.05) is 24.8 Å². The number of ketones is 1. The van der Waals surface area contributed by atoms with Crippen LogP contribution in [-0.4, -0.2) is 63.5 Å². The van der Waals surface area contributed by atoms with E-state index in [2.05, 4.69) is 4.90 Å². The summed E-state index contributed by atoms with van der Waals surface area (Å²) < 4.78 is 5.18. The van der Waals surface area contributed by atoms with E-state index in [1.165, 1.54) is 4.90 Å². The van der Waals surface area contributed by atoms with Crippen LogP contribution >= 0.6 is 0 Å². The lowest BCUT2D eigenvalue weighted by Gasteiger charge is -2.34. The summed E-state index contributed by atoms with van der Waals surface area (Å²) >= 11 is 0. The standard InChI is InChI=1S/C23H29N3O3/c1-18(27)20-6-8-21(9-7-20)26-14-12-25(13-15-26)17-23(28)24(2)16-19-4-10-22(29-3)11-5-19/h4-11H,12-17H2,1-3H3/p+1. The summed E-state index contributed by atoms with van der Waals surface area (Å²) in [4.78, 5) is 29.5. The second kappa shape index (κ2) is 9.56. The second-order valence-corrected chi connectivity index (χ2v) is 7.61. The topological polar surface area (TPSA) is 54.3 Å². The van der Waals surface area contributed by atoms with Crippen LogP contribution in [0.5, 0.6) is 5.75 Å². The highest BCUT2D eigenvalue weighted by Gasteiger charge is 2.24. The first-order valence-corrected chi connectivity index (χ1v) is 10.0. The molecule has 3 rings (SSSR count). The number of quaternary nitrogens is 1. The molecule has 0 aromatic heterocycles. The third-order valence-electron chi connectivity index (χ3n) is 5.52. The fraction of sp³-hybridized carbons (Fsp3) is 0.391.